The maximum atomic E-state index is 14.3. The molecule has 1 heterocycles. The van der Waals surface area contributed by atoms with E-state index in [9.17, 15) is 14.0 Å². The highest BCUT2D eigenvalue weighted by atomic mass is 19.1. The first-order chi connectivity index (χ1) is 14.4. The standard InChI is InChI=1S/C25H26FNO3/c1-15-21(4-3-5-22(15)26)25(24(29)30-2)11-10-17(13-25)16-6-9-20-18(12-16)14-27(23(20)28)19-7-8-19/h3-6,9,12,17,19H,7-8,10-11,13-14H2,1-2H3. The topological polar surface area (TPSA) is 46.6 Å². The van der Waals surface area contributed by atoms with E-state index in [1.807, 2.05) is 23.1 Å². The zero-order chi connectivity index (χ0) is 21.0. The van der Waals surface area contributed by atoms with Crippen LogP contribution in [-0.4, -0.2) is 29.9 Å². The number of halogens is 1. The SMILES string of the molecule is COC(=O)C1(c2cccc(F)c2C)CCC(c2ccc3c(c2)CN(C2CC2)C3=O)C1. The van der Waals surface area contributed by atoms with Gasteiger partial charge in [0, 0.05) is 18.2 Å². The largest absolute Gasteiger partial charge is 0.468 e. The molecule has 0 radical (unpaired) electrons. The molecule has 4 nitrogen and oxygen atoms in total. The van der Waals surface area contributed by atoms with E-state index in [4.69, 9.17) is 4.74 Å². The Labute approximate surface area is 176 Å². The Balaban J connectivity index is 1.47. The van der Waals surface area contributed by atoms with Crippen molar-refractivity contribution in [1.82, 2.24) is 4.90 Å². The number of hydrogen-bond donors (Lipinski definition) is 0. The van der Waals surface area contributed by atoms with Gasteiger partial charge in [0.1, 0.15) is 5.82 Å². The van der Waals surface area contributed by atoms with Crippen LogP contribution in [0.4, 0.5) is 4.39 Å². The number of methoxy groups -OCH3 is 1. The van der Waals surface area contributed by atoms with Crippen molar-refractivity contribution in [1.29, 1.82) is 0 Å². The van der Waals surface area contributed by atoms with Crippen molar-refractivity contribution in [2.75, 3.05) is 7.11 Å². The van der Waals surface area contributed by atoms with Crippen LogP contribution in [0.3, 0.4) is 0 Å². The van der Waals surface area contributed by atoms with Crippen molar-refractivity contribution in [3.63, 3.8) is 0 Å². The third-order valence-corrected chi connectivity index (χ3v) is 7.29. The van der Waals surface area contributed by atoms with E-state index in [0.29, 0.717) is 31.0 Å². The lowest BCUT2D eigenvalue weighted by atomic mass is 9.75. The molecule has 5 heteroatoms. The van der Waals surface area contributed by atoms with Gasteiger partial charge in [-0.05, 0) is 79.3 Å². The molecule has 30 heavy (non-hydrogen) atoms. The second-order valence-corrected chi connectivity index (χ2v) is 9.01. The second-order valence-electron chi connectivity index (χ2n) is 9.01. The highest BCUT2D eigenvalue weighted by Crippen LogP contribution is 2.50. The number of benzene rings is 2. The van der Waals surface area contributed by atoms with Crippen LogP contribution in [0.25, 0.3) is 0 Å². The van der Waals surface area contributed by atoms with Crippen LogP contribution < -0.4 is 0 Å². The Kier molecular flexibility index (Phi) is 4.46. The van der Waals surface area contributed by atoms with E-state index in [2.05, 4.69) is 6.07 Å². The summed E-state index contributed by atoms with van der Waals surface area (Å²) in [5, 5.41) is 0. The molecule has 156 valence electrons. The highest BCUT2D eigenvalue weighted by molar-refractivity contribution is 5.98. The van der Waals surface area contributed by atoms with Gasteiger partial charge in [-0.15, -0.1) is 0 Å². The molecule has 2 atom stereocenters. The maximum absolute atomic E-state index is 14.3. The Morgan fingerprint density at radius 1 is 1.20 bits per heavy atom. The molecule has 1 aliphatic heterocycles. The summed E-state index contributed by atoms with van der Waals surface area (Å²) in [5.41, 5.74) is 3.46. The molecule has 0 spiro atoms. The van der Waals surface area contributed by atoms with Crippen molar-refractivity contribution >= 4 is 11.9 Å². The summed E-state index contributed by atoms with van der Waals surface area (Å²) < 4.78 is 19.5. The van der Waals surface area contributed by atoms with Crippen LogP contribution in [0.1, 0.15) is 70.6 Å². The molecule has 5 rings (SSSR count). The molecular formula is C25H26FNO3. The molecular weight excluding hydrogens is 381 g/mol. The molecule has 0 aromatic heterocycles. The van der Waals surface area contributed by atoms with E-state index in [1.165, 1.54) is 13.2 Å². The normalized spacial score (nSPS) is 25.5. The van der Waals surface area contributed by atoms with Crippen molar-refractivity contribution in [3.8, 4) is 0 Å². The zero-order valence-electron chi connectivity index (χ0n) is 17.4. The van der Waals surface area contributed by atoms with E-state index in [0.717, 1.165) is 41.5 Å². The van der Waals surface area contributed by atoms with E-state index in [1.54, 1.807) is 13.0 Å². The highest BCUT2D eigenvalue weighted by Gasteiger charge is 2.49. The first-order valence-corrected chi connectivity index (χ1v) is 10.7. The zero-order valence-corrected chi connectivity index (χ0v) is 17.4. The van der Waals surface area contributed by atoms with Crippen LogP contribution in [-0.2, 0) is 21.5 Å². The number of nitrogens with zero attached hydrogens (tertiary/aromatic N) is 1. The van der Waals surface area contributed by atoms with Gasteiger partial charge in [0.05, 0.1) is 12.5 Å². The third kappa shape index (κ3) is 2.86. The minimum absolute atomic E-state index is 0.143. The Morgan fingerprint density at radius 2 is 2.00 bits per heavy atom. The summed E-state index contributed by atoms with van der Waals surface area (Å²) in [4.78, 5) is 27.5. The second kappa shape index (κ2) is 6.93. The fourth-order valence-electron chi connectivity index (χ4n) is 5.49. The van der Waals surface area contributed by atoms with Crippen LogP contribution in [0, 0.1) is 12.7 Å². The minimum atomic E-state index is -0.833. The van der Waals surface area contributed by atoms with Gasteiger partial charge < -0.3 is 9.64 Å². The van der Waals surface area contributed by atoms with E-state index >= 15 is 0 Å². The van der Waals surface area contributed by atoms with E-state index in [-0.39, 0.29) is 23.6 Å². The Bertz CT molecular complexity index is 1040. The molecule has 2 fully saturated rings. The summed E-state index contributed by atoms with van der Waals surface area (Å²) in [7, 11) is 1.40. The summed E-state index contributed by atoms with van der Waals surface area (Å²) in [5.74, 6) is -0.280. The average molecular weight is 407 g/mol. The Morgan fingerprint density at radius 3 is 2.73 bits per heavy atom. The van der Waals surface area contributed by atoms with Crippen LogP contribution in [0.15, 0.2) is 36.4 Å². The lowest BCUT2D eigenvalue weighted by molar-refractivity contribution is -0.147. The summed E-state index contributed by atoms with van der Waals surface area (Å²) in [6.45, 7) is 2.42. The van der Waals surface area contributed by atoms with Gasteiger partial charge in [0.15, 0.2) is 0 Å². The number of carbonyl (C=O) groups excluding carboxylic acids is 2. The molecule has 2 aliphatic carbocycles. The molecule has 0 saturated heterocycles. The van der Waals surface area contributed by atoms with Crippen LogP contribution in [0.2, 0.25) is 0 Å². The van der Waals surface area contributed by atoms with Crippen molar-refractivity contribution in [3.05, 3.63) is 70.0 Å². The lowest BCUT2D eigenvalue weighted by Crippen LogP contribution is -2.35. The maximum Gasteiger partial charge on any atom is 0.316 e. The fraction of sp³-hybridized carbons (Fsp3) is 0.440. The molecule has 2 aromatic rings. The first-order valence-electron chi connectivity index (χ1n) is 10.7. The molecule has 2 unspecified atom stereocenters. The summed E-state index contributed by atoms with van der Waals surface area (Å²) in [6.07, 6.45) is 4.24. The molecule has 2 saturated carbocycles. The number of amides is 1. The number of esters is 1. The quantitative estimate of drug-likeness (QED) is 0.694. The van der Waals surface area contributed by atoms with Gasteiger partial charge in [-0.2, -0.15) is 0 Å². The van der Waals surface area contributed by atoms with Crippen LogP contribution in [0.5, 0.6) is 0 Å². The van der Waals surface area contributed by atoms with Gasteiger partial charge in [-0.3, -0.25) is 9.59 Å². The van der Waals surface area contributed by atoms with Crippen molar-refractivity contribution in [2.45, 2.75) is 62.9 Å². The van der Waals surface area contributed by atoms with E-state index < -0.39 is 5.41 Å². The number of carbonyl (C=O) groups is 2. The predicted octanol–water partition coefficient (Wildman–Crippen LogP) is 4.63. The molecule has 3 aliphatic rings. The van der Waals surface area contributed by atoms with Crippen LogP contribution >= 0.6 is 0 Å². The summed E-state index contributed by atoms with van der Waals surface area (Å²) in [6, 6.07) is 11.5. The number of rotatable bonds is 4. The molecule has 0 N–H and O–H groups in total. The average Bonchev–Trinajstić information content (AvgIpc) is 3.41. The van der Waals surface area contributed by atoms with Gasteiger partial charge >= 0.3 is 5.97 Å². The summed E-state index contributed by atoms with van der Waals surface area (Å²) >= 11 is 0. The van der Waals surface area contributed by atoms with Gasteiger partial charge in [-0.25, -0.2) is 4.39 Å². The number of fused-ring (bicyclic) bond motifs is 1. The molecule has 2 aromatic carbocycles. The minimum Gasteiger partial charge on any atom is -0.468 e. The van der Waals surface area contributed by atoms with Crippen molar-refractivity contribution < 1.29 is 18.7 Å². The molecule has 0 bridgehead atoms. The smallest absolute Gasteiger partial charge is 0.316 e. The molecule has 1 amide bonds. The van der Waals surface area contributed by atoms with Gasteiger partial charge in [0.2, 0.25) is 0 Å². The van der Waals surface area contributed by atoms with Gasteiger partial charge in [-0.1, -0.05) is 24.3 Å². The monoisotopic (exact) mass is 407 g/mol. The predicted molar refractivity (Wildman–Crippen MR) is 111 cm³/mol. The first kappa shape index (κ1) is 19.3. The number of ether oxygens (including phenoxy) is 1. The third-order valence-electron chi connectivity index (χ3n) is 7.29. The lowest BCUT2D eigenvalue weighted by Gasteiger charge is -2.29. The number of hydrogen-bond acceptors (Lipinski definition) is 3. The Hall–Kier alpha value is -2.69. The fourth-order valence-corrected chi connectivity index (χ4v) is 5.49. The van der Waals surface area contributed by atoms with Gasteiger partial charge in [0.25, 0.3) is 5.91 Å². The van der Waals surface area contributed by atoms with Crippen molar-refractivity contribution in [2.24, 2.45) is 0 Å².